The Morgan fingerprint density at radius 1 is 1.42 bits per heavy atom. The van der Waals surface area contributed by atoms with E-state index in [1.54, 1.807) is 0 Å². The molecule has 4 nitrogen and oxygen atoms in total. The molecule has 0 aromatic heterocycles. The van der Waals surface area contributed by atoms with E-state index >= 15 is 0 Å². The lowest BCUT2D eigenvalue weighted by Crippen LogP contribution is -2.57. The van der Waals surface area contributed by atoms with Crippen LogP contribution in [-0.2, 0) is 0 Å². The molecule has 3 aliphatic rings. The fraction of sp³-hybridized carbons (Fsp3) is 0.800. The number of rotatable bonds is 5. The van der Waals surface area contributed by atoms with E-state index in [2.05, 4.69) is 20.4 Å². The topological polar surface area (TPSA) is 80.9 Å². The molecule has 0 aliphatic heterocycles. The largest absolute Gasteiger partial charge is 0.393 e. The van der Waals surface area contributed by atoms with Crippen molar-refractivity contribution in [3.8, 4) is 0 Å². The van der Waals surface area contributed by atoms with Gasteiger partial charge in [0.05, 0.1) is 18.8 Å². The first kappa shape index (κ1) is 18.1. The summed E-state index contributed by atoms with van der Waals surface area (Å²) in [5.74, 6) is 2.42. The highest BCUT2D eigenvalue weighted by Gasteiger charge is 2.70. The summed E-state index contributed by atoms with van der Waals surface area (Å²) in [6, 6.07) is 0. The van der Waals surface area contributed by atoms with Gasteiger partial charge in [-0.25, -0.2) is 0 Å². The third kappa shape index (κ3) is 2.50. The van der Waals surface area contributed by atoms with E-state index in [1.165, 1.54) is 31.9 Å². The smallest absolute Gasteiger partial charge is 0.103 e. The molecule has 0 bridgehead atoms. The number of fused-ring (bicyclic) bond motifs is 4. The number of hydrogen-bond donors (Lipinski definition) is 4. The fourth-order valence-electron chi connectivity index (χ4n) is 5.99. The maximum absolute atomic E-state index is 10.7. The third-order valence-electron chi connectivity index (χ3n) is 7.43. The summed E-state index contributed by atoms with van der Waals surface area (Å²) in [7, 11) is 0. The van der Waals surface area contributed by atoms with Crippen LogP contribution in [0.1, 0.15) is 40.0 Å². The summed E-state index contributed by atoms with van der Waals surface area (Å²) in [6.07, 6.45) is 4.85. The van der Waals surface area contributed by atoms with Gasteiger partial charge in [-0.3, -0.25) is 0 Å². The molecule has 0 radical (unpaired) electrons. The molecule has 0 spiro atoms. The summed E-state index contributed by atoms with van der Waals surface area (Å²) in [6.45, 7) is 9.75. The van der Waals surface area contributed by atoms with Gasteiger partial charge in [-0.15, -0.1) is 0 Å². The first-order valence-electron chi connectivity index (χ1n) is 9.21. The van der Waals surface area contributed by atoms with Crippen LogP contribution in [0.5, 0.6) is 0 Å². The third-order valence-corrected chi connectivity index (χ3v) is 7.43. The van der Waals surface area contributed by atoms with E-state index in [1.807, 2.05) is 0 Å². The molecule has 4 heteroatoms. The lowest BCUT2D eigenvalue weighted by molar-refractivity contribution is -0.143. The predicted octanol–water partition coefficient (Wildman–Crippen LogP) is 1.88. The zero-order valence-electron chi connectivity index (χ0n) is 15.0. The van der Waals surface area contributed by atoms with E-state index < -0.39 is 18.3 Å². The number of hydrogen-bond acceptors (Lipinski definition) is 4. The van der Waals surface area contributed by atoms with Crippen molar-refractivity contribution < 1.29 is 20.4 Å². The van der Waals surface area contributed by atoms with Crippen LogP contribution in [0.2, 0.25) is 0 Å². The van der Waals surface area contributed by atoms with E-state index in [0.717, 1.165) is 5.57 Å². The molecule has 0 aromatic carbocycles. The molecule has 3 aliphatic carbocycles. The highest BCUT2D eigenvalue weighted by molar-refractivity contribution is 5.27. The van der Waals surface area contributed by atoms with E-state index in [9.17, 15) is 15.3 Å². The van der Waals surface area contributed by atoms with Crippen molar-refractivity contribution in [2.45, 2.75) is 57.8 Å². The second-order valence-electron chi connectivity index (χ2n) is 8.88. The molecule has 3 saturated carbocycles. The lowest BCUT2D eigenvalue weighted by Gasteiger charge is -2.58. The van der Waals surface area contributed by atoms with Crippen LogP contribution >= 0.6 is 0 Å². The summed E-state index contributed by atoms with van der Waals surface area (Å²) in [4.78, 5) is 0. The second-order valence-corrected chi connectivity index (χ2v) is 8.88. The summed E-state index contributed by atoms with van der Waals surface area (Å²) in [5, 5.41) is 40.1. The molecule has 3 rings (SSSR count). The fourth-order valence-corrected chi connectivity index (χ4v) is 5.99. The Morgan fingerprint density at radius 2 is 2.08 bits per heavy atom. The van der Waals surface area contributed by atoms with Gasteiger partial charge in [-0.05, 0) is 54.9 Å². The molecule has 24 heavy (non-hydrogen) atoms. The van der Waals surface area contributed by atoms with Crippen LogP contribution in [0, 0.1) is 35.0 Å². The van der Waals surface area contributed by atoms with Crippen molar-refractivity contribution in [3.63, 3.8) is 0 Å². The van der Waals surface area contributed by atoms with Gasteiger partial charge >= 0.3 is 0 Å². The van der Waals surface area contributed by atoms with Crippen LogP contribution in [0.15, 0.2) is 24.3 Å². The Hall–Kier alpha value is -0.680. The zero-order chi connectivity index (χ0) is 17.9. The maximum atomic E-state index is 10.7. The van der Waals surface area contributed by atoms with Gasteiger partial charge in [-0.2, -0.15) is 0 Å². The first-order valence-corrected chi connectivity index (χ1v) is 9.21. The summed E-state index contributed by atoms with van der Waals surface area (Å²) in [5.41, 5.74) is -0.652. The van der Waals surface area contributed by atoms with Crippen molar-refractivity contribution in [1.82, 2.24) is 0 Å². The zero-order valence-corrected chi connectivity index (χ0v) is 15.0. The molecule has 9 atom stereocenters. The van der Waals surface area contributed by atoms with Crippen molar-refractivity contribution >= 4 is 0 Å². The number of aliphatic hydroxyl groups excluding tert-OH is 3. The van der Waals surface area contributed by atoms with E-state index in [4.69, 9.17) is 5.11 Å². The van der Waals surface area contributed by atoms with Crippen LogP contribution in [0.3, 0.4) is 0 Å². The Kier molecular flexibility index (Phi) is 4.49. The van der Waals surface area contributed by atoms with Gasteiger partial charge in [0, 0.05) is 5.41 Å². The molecular weight excluding hydrogens is 304 g/mol. The standard InChI is InChI=1S/C20H32O4/c1-11-5-6-14-17(11)18-13(9-16(23)20(14,18)4)12(2)15(22)7-8-19(3,24)10-21/h7-8,11,13-18,21-24H,2,5-6,9-10H2,1,3-4H3/b8-7+/t11-,13?,14?,15?,16?,17?,18+,19?,20+/m1/s1. The van der Waals surface area contributed by atoms with Gasteiger partial charge in [-0.1, -0.05) is 39.0 Å². The molecule has 0 amide bonds. The van der Waals surface area contributed by atoms with Gasteiger partial charge in [0.15, 0.2) is 0 Å². The van der Waals surface area contributed by atoms with E-state index in [0.29, 0.717) is 30.1 Å². The predicted molar refractivity (Wildman–Crippen MR) is 93.1 cm³/mol. The Labute approximate surface area is 144 Å². The van der Waals surface area contributed by atoms with Crippen molar-refractivity contribution in [2.24, 2.45) is 35.0 Å². The summed E-state index contributed by atoms with van der Waals surface area (Å²) >= 11 is 0. The van der Waals surface area contributed by atoms with Gasteiger partial charge in [0.2, 0.25) is 0 Å². The van der Waals surface area contributed by atoms with Crippen LogP contribution in [0.25, 0.3) is 0 Å². The average molecular weight is 336 g/mol. The molecule has 0 heterocycles. The van der Waals surface area contributed by atoms with Gasteiger partial charge in [0.1, 0.15) is 5.60 Å². The minimum atomic E-state index is -1.34. The summed E-state index contributed by atoms with van der Waals surface area (Å²) < 4.78 is 0. The normalized spacial score (nSPS) is 47.8. The Balaban J connectivity index is 1.76. The minimum absolute atomic E-state index is 0.0386. The molecule has 0 aromatic rings. The van der Waals surface area contributed by atoms with Crippen molar-refractivity contribution in [1.29, 1.82) is 0 Å². The van der Waals surface area contributed by atoms with Crippen molar-refractivity contribution in [2.75, 3.05) is 6.61 Å². The van der Waals surface area contributed by atoms with Gasteiger partial charge < -0.3 is 20.4 Å². The first-order chi connectivity index (χ1) is 11.1. The monoisotopic (exact) mass is 336 g/mol. The SMILES string of the molecule is C=C(C(O)/C=C/C(C)(O)CO)C1CC(O)[C@]2(C)C3CC[C@@H](C)C3[C@H]12. The number of aliphatic hydroxyl groups is 4. The molecular formula is C20H32O4. The van der Waals surface area contributed by atoms with Gasteiger partial charge in [0.25, 0.3) is 0 Å². The molecule has 136 valence electrons. The minimum Gasteiger partial charge on any atom is -0.393 e. The highest BCUT2D eigenvalue weighted by Crippen LogP contribution is 2.73. The van der Waals surface area contributed by atoms with Crippen LogP contribution in [-0.4, -0.2) is 44.8 Å². The van der Waals surface area contributed by atoms with Crippen molar-refractivity contribution in [3.05, 3.63) is 24.3 Å². The Morgan fingerprint density at radius 3 is 2.71 bits per heavy atom. The maximum Gasteiger partial charge on any atom is 0.103 e. The average Bonchev–Trinajstić information content (AvgIpc) is 2.97. The molecule has 0 saturated heterocycles. The van der Waals surface area contributed by atoms with E-state index in [-0.39, 0.29) is 17.4 Å². The molecule has 3 fully saturated rings. The quantitative estimate of drug-likeness (QED) is 0.578. The lowest BCUT2D eigenvalue weighted by atomic mass is 9.46. The van der Waals surface area contributed by atoms with Crippen LogP contribution < -0.4 is 0 Å². The molecule has 6 unspecified atom stereocenters. The highest BCUT2D eigenvalue weighted by atomic mass is 16.3. The van der Waals surface area contributed by atoms with Crippen LogP contribution in [0.4, 0.5) is 0 Å². The molecule has 4 N–H and O–H groups in total. The Bertz CT molecular complexity index is 540. The second kappa shape index (κ2) is 5.94.